The fraction of sp³-hybridized carbons (Fsp3) is 0.545. The molecule has 0 aliphatic carbocycles. The molecule has 2 amide bonds. The van der Waals surface area contributed by atoms with Gasteiger partial charge in [-0.25, -0.2) is 8.42 Å². The summed E-state index contributed by atoms with van der Waals surface area (Å²) in [5.41, 5.74) is 0.967. The molecular formula is C22H30N4O4S. The van der Waals surface area contributed by atoms with Gasteiger partial charge < -0.3 is 10.6 Å². The predicted molar refractivity (Wildman–Crippen MR) is 118 cm³/mol. The molecule has 1 aromatic carbocycles. The van der Waals surface area contributed by atoms with Crippen LogP contribution in [0.3, 0.4) is 0 Å². The van der Waals surface area contributed by atoms with Crippen LogP contribution in [0.25, 0.3) is 0 Å². The Hall–Kier alpha value is -2.41. The molecule has 9 heteroatoms. The molecule has 3 atom stereocenters. The number of hydrogen-bond acceptors (Lipinski definition) is 6. The number of rotatable bonds is 7. The maximum Gasteiger partial charge on any atom is 0.239 e. The van der Waals surface area contributed by atoms with Crippen LogP contribution in [-0.2, 0) is 26.0 Å². The van der Waals surface area contributed by atoms with E-state index >= 15 is 0 Å². The molecule has 3 rings (SSSR count). The molecule has 2 aliphatic rings. The van der Waals surface area contributed by atoms with E-state index in [-0.39, 0.29) is 41.4 Å². The van der Waals surface area contributed by atoms with Gasteiger partial charge in [0.1, 0.15) is 6.04 Å². The molecule has 8 nitrogen and oxygen atoms in total. The van der Waals surface area contributed by atoms with Crippen molar-refractivity contribution < 1.29 is 18.0 Å². The monoisotopic (exact) mass is 446 g/mol. The van der Waals surface area contributed by atoms with E-state index in [1.54, 1.807) is 24.3 Å². The van der Waals surface area contributed by atoms with Crippen LogP contribution in [0.4, 0.5) is 0 Å². The van der Waals surface area contributed by atoms with Crippen molar-refractivity contribution in [1.29, 1.82) is 0 Å². The lowest BCUT2D eigenvalue weighted by Crippen LogP contribution is -2.49. The highest BCUT2D eigenvalue weighted by Crippen LogP contribution is 2.28. The fourth-order valence-electron chi connectivity index (χ4n) is 4.44. The first kappa shape index (κ1) is 23.3. The van der Waals surface area contributed by atoms with Crippen molar-refractivity contribution in [2.75, 3.05) is 32.9 Å². The molecule has 2 aliphatic heterocycles. The van der Waals surface area contributed by atoms with Crippen LogP contribution in [0, 0.1) is 12.3 Å². The Balaban J connectivity index is 1.65. The molecule has 2 heterocycles. The number of likely N-dealkylation sites (tertiary alicyclic amines) is 1. The largest absolute Gasteiger partial charge is 0.353 e. The molecule has 31 heavy (non-hydrogen) atoms. The zero-order valence-corrected chi connectivity index (χ0v) is 18.8. The molecule has 2 saturated heterocycles. The zero-order chi connectivity index (χ0) is 22.6. The Morgan fingerprint density at radius 1 is 1.32 bits per heavy atom. The Kier molecular flexibility index (Phi) is 7.36. The highest BCUT2D eigenvalue weighted by molar-refractivity contribution is 7.90. The topological polar surface area (TPSA) is 98.8 Å². The minimum absolute atomic E-state index is 0.00129. The second-order valence-electron chi connectivity index (χ2n) is 8.27. The van der Waals surface area contributed by atoms with E-state index < -0.39 is 9.84 Å². The molecule has 0 radical (unpaired) electrons. The molecule has 0 unspecified atom stereocenters. The Bertz CT molecular complexity index is 955. The second-order valence-corrected chi connectivity index (χ2v) is 10.3. The van der Waals surface area contributed by atoms with Gasteiger partial charge in [0.15, 0.2) is 9.84 Å². The van der Waals surface area contributed by atoms with Crippen molar-refractivity contribution in [3.8, 4) is 12.3 Å². The van der Waals surface area contributed by atoms with E-state index in [4.69, 9.17) is 6.42 Å². The summed E-state index contributed by atoms with van der Waals surface area (Å²) in [6.45, 7) is 2.07. The summed E-state index contributed by atoms with van der Waals surface area (Å²) < 4.78 is 23.3. The van der Waals surface area contributed by atoms with Crippen molar-refractivity contribution in [3.05, 3.63) is 29.8 Å². The van der Waals surface area contributed by atoms with Gasteiger partial charge in [0, 0.05) is 44.4 Å². The van der Waals surface area contributed by atoms with Crippen LogP contribution in [0.15, 0.2) is 29.2 Å². The van der Waals surface area contributed by atoms with E-state index in [1.807, 2.05) is 7.05 Å². The van der Waals surface area contributed by atoms with Crippen molar-refractivity contribution >= 4 is 21.7 Å². The summed E-state index contributed by atoms with van der Waals surface area (Å²) in [6, 6.07) is 6.69. The SMILES string of the molecule is C#CCNC(=O)CC[C@H]1CNC(=O)[C@@H]2[C@@H](CCN2Cc2ccc(S(C)(=O)=O)cc2)N1C. The van der Waals surface area contributed by atoms with Crippen LogP contribution in [0.5, 0.6) is 0 Å². The van der Waals surface area contributed by atoms with E-state index in [0.717, 1.165) is 18.5 Å². The van der Waals surface area contributed by atoms with Gasteiger partial charge in [0.25, 0.3) is 0 Å². The second kappa shape index (κ2) is 9.81. The lowest BCUT2D eigenvalue weighted by atomic mass is 10.0. The van der Waals surface area contributed by atoms with E-state index in [2.05, 4.69) is 26.4 Å². The summed E-state index contributed by atoms with van der Waals surface area (Å²) in [6.07, 6.45) is 8.22. The average molecular weight is 447 g/mol. The third-order valence-corrected chi connectivity index (χ3v) is 7.31. The van der Waals surface area contributed by atoms with E-state index in [0.29, 0.717) is 25.9 Å². The number of carbonyl (C=O) groups is 2. The maximum atomic E-state index is 12.9. The number of sulfone groups is 1. The maximum absolute atomic E-state index is 12.9. The summed E-state index contributed by atoms with van der Waals surface area (Å²) in [7, 11) is -1.21. The quantitative estimate of drug-likeness (QED) is 0.572. The summed E-state index contributed by atoms with van der Waals surface area (Å²) in [5.74, 6) is 2.31. The summed E-state index contributed by atoms with van der Waals surface area (Å²) in [4.78, 5) is 29.5. The highest BCUT2D eigenvalue weighted by atomic mass is 32.2. The van der Waals surface area contributed by atoms with Crippen LogP contribution < -0.4 is 10.6 Å². The normalized spacial score (nSPS) is 24.7. The van der Waals surface area contributed by atoms with Gasteiger partial charge in [-0.15, -0.1) is 6.42 Å². The highest BCUT2D eigenvalue weighted by Gasteiger charge is 2.44. The molecule has 2 fully saturated rings. The van der Waals surface area contributed by atoms with Gasteiger partial charge in [-0.3, -0.25) is 19.4 Å². The zero-order valence-electron chi connectivity index (χ0n) is 18.0. The van der Waals surface area contributed by atoms with Crippen LogP contribution in [0.2, 0.25) is 0 Å². The van der Waals surface area contributed by atoms with Gasteiger partial charge in [0.2, 0.25) is 11.8 Å². The Morgan fingerprint density at radius 3 is 2.68 bits per heavy atom. The first-order valence-corrected chi connectivity index (χ1v) is 12.3. The number of fused-ring (bicyclic) bond motifs is 1. The fourth-order valence-corrected chi connectivity index (χ4v) is 5.07. The molecule has 1 aromatic rings. The van der Waals surface area contributed by atoms with Crippen LogP contribution >= 0.6 is 0 Å². The third kappa shape index (κ3) is 5.64. The molecule has 0 spiro atoms. The smallest absolute Gasteiger partial charge is 0.239 e. The summed E-state index contributed by atoms with van der Waals surface area (Å²) >= 11 is 0. The van der Waals surface area contributed by atoms with Gasteiger partial charge in [-0.1, -0.05) is 18.1 Å². The van der Waals surface area contributed by atoms with Crippen molar-refractivity contribution in [2.45, 2.75) is 48.8 Å². The Morgan fingerprint density at radius 2 is 2.03 bits per heavy atom. The first-order chi connectivity index (χ1) is 14.7. The molecular weight excluding hydrogens is 416 g/mol. The standard InChI is InChI=1S/C22H30N4O4S/c1-4-12-23-20(27)10-7-17-14-24-22(28)21-19(25(17)2)11-13-26(21)15-16-5-8-18(9-6-16)31(3,29)30/h1,5-6,8-9,17,19,21H,7,10-15H2,2-3H3,(H,23,27)(H,24,28)/t17-,19+,21-/m0/s1. The average Bonchev–Trinajstić information content (AvgIpc) is 3.10. The molecule has 0 bridgehead atoms. The van der Waals surface area contributed by atoms with Crippen molar-refractivity contribution in [2.24, 2.45) is 0 Å². The number of hydrogen-bond donors (Lipinski definition) is 2. The molecule has 0 aromatic heterocycles. The van der Waals surface area contributed by atoms with Crippen LogP contribution in [-0.4, -0.2) is 81.1 Å². The first-order valence-electron chi connectivity index (χ1n) is 10.4. The molecule has 0 saturated carbocycles. The van der Waals surface area contributed by atoms with Gasteiger partial charge >= 0.3 is 0 Å². The number of carbonyl (C=O) groups excluding carboxylic acids is 2. The van der Waals surface area contributed by atoms with Crippen molar-refractivity contribution in [1.82, 2.24) is 20.4 Å². The van der Waals surface area contributed by atoms with Crippen molar-refractivity contribution in [3.63, 3.8) is 0 Å². The Labute approximate surface area is 184 Å². The number of likely N-dealkylation sites (N-methyl/N-ethyl adjacent to an activating group) is 1. The number of nitrogens with one attached hydrogen (secondary N) is 2. The number of benzene rings is 1. The van der Waals surface area contributed by atoms with Gasteiger partial charge in [-0.05, 0) is 37.6 Å². The lowest BCUT2D eigenvalue weighted by Gasteiger charge is -2.33. The predicted octanol–water partition coefficient (Wildman–Crippen LogP) is -0.00720. The molecule has 2 N–H and O–H groups in total. The van der Waals surface area contributed by atoms with E-state index in [9.17, 15) is 18.0 Å². The number of nitrogens with zero attached hydrogens (tertiary/aromatic N) is 2. The van der Waals surface area contributed by atoms with E-state index in [1.165, 1.54) is 6.26 Å². The number of terminal acetylenes is 1. The molecule has 168 valence electrons. The summed E-state index contributed by atoms with van der Waals surface area (Å²) in [5, 5.41) is 5.72. The van der Waals surface area contributed by atoms with Gasteiger partial charge in [-0.2, -0.15) is 0 Å². The minimum Gasteiger partial charge on any atom is -0.353 e. The third-order valence-electron chi connectivity index (χ3n) is 6.18. The van der Waals surface area contributed by atoms with Crippen LogP contribution in [0.1, 0.15) is 24.8 Å². The van der Waals surface area contributed by atoms with Gasteiger partial charge in [0.05, 0.1) is 11.4 Å². The minimum atomic E-state index is -3.23. The lowest BCUT2D eigenvalue weighted by molar-refractivity contribution is -0.126. The number of amides is 2.